The molecule has 1 aromatic carbocycles. The van der Waals surface area contributed by atoms with Gasteiger partial charge >= 0.3 is 0 Å². The Hall–Kier alpha value is -2.57. The maximum Gasteiger partial charge on any atom is 0.139 e. The van der Waals surface area contributed by atoms with Crippen molar-refractivity contribution < 1.29 is 14.3 Å². The Labute approximate surface area is 177 Å². The Balaban J connectivity index is 1.37. The summed E-state index contributed by atoms with van der Waals surface area (Å²) in [6.07, 6.45) is 4.64. The number of hydrogen-bond donors (Lipinski definition) is 1. The van der Waals surface area contributed by atoms with E-state index in [9.17, 15) is 4.79 Å². The highest BCUT2D eigenvalue weighted by Crippen LogP contribution is 2.23. The van der Waals surface area contributed by atoms with Gasteiger partial charge in [-0.3, -0.25) is 14.8 Å². The Bertz CT molecular complexity index is 892. The van der Waals surface area contributed by atoms with E-state index in [1.807, 2.05) is 30.5 Å². The summed E-state index contributed by atoms with van der Waals surface area (Å²) in [4.78, 5) is 22.0. The standard InChI is InChI=1S/C24H29N3O3/c1-29-16-19(17-5-3-2-4-6-17)12-22(28)13-21-11-18-14-26-24(23(18)15-25-21)27-20-7-9-30-10-8-20/h2-6,11,15,19-20H,7-10,12-14,16H2,1H3,(H,26,27)/t19-/m1/s1. The Morgan fingerprint density at radius 1 is 1.27 bits per heavy atom. The van der Waals surface area contributed by atoms with E-state index < -0.39 is 0 Å². The number of ketones is 1. The van der Waals surface area contributed by atoms with Crippen LogP contribution in [0.5, 0.6) is 0 Å². The topological polar surface area (TPSA) is 72.8 Å². The number of aromatic nitrogens is 1. The summed E-state index contributed by atoms with van der Waals surface area (Å²) in [5, 5.41) is 3.54. The highest BCUT2D eigenvalue weighted by molar-refractivity contribution is 6.02. The molecule has 2 aliphatic heterocycles. The van der Waals surface area contributed by atoms with Crippen molar-refractivity contribution in [2.45, 2.75) is 44.2 Å². The van der Waals surface area contributed by atoms with Crippen LogP contribution < -0.4 is 5.32 Å². The lowest BCUT2D eigenvalue weighted by atomic mass is 9.93. The molecule has 1 atom stereocenters. The third-order valence-corrected chi connectivity index (χ3v) is 5.76. The number of benzene rings is 1. The van der Waals surface area contributed by atoms with Crippen molar-refractivity contribution in [3.8, 4) is 0 Å². The zero-order valence-corrected chi connectivity index (χ0v) is 17.5. The second-order valence-electron chi connectivity index (χ2n) is 8.01. The van der Waals surface area contributed by atoms with Gasteiger partial charge in [0.05, 0.1) is 13.2 Å². The van der Waals surface area contributed by atoms with Crippen molar-refractivity contribution in [2.24, 2.45) is 4.99 Å². The van der Waals surface area contributed by atoms with Crippen LogP contribution in [0.25, 0.3) is 0 Å². The van der Waals surface area contributed by atoms with E-state index in [4.69, 9.17) is 9.47 Å². The average molecular weight is 408 g/mol. The molecule has 4 rings (SSSR count). The fourth-order valence-electron chi connectivity index (χ4n) is 4.14. The summed E-state index contributed by atoms with van der Waals surface area (Å²) in [6.45, 7) is 2.76. The molecule has 0 amide bonds. The predicted octanol–water partition coefficient (Wildman–Crippen LogP) is 3.04. The molecule has 0 saturated carbocycles. The second-order valence-corrected chi connectivity index (χ2v) is 8.01. The molecule has 2 aliphatic rings. The van der Waals surface area contributed by atoms with E-state index in [1.165, 1.54) is 0 Å². The first-order chi connectivity index (χ1) is 14.7. The largest absolute Gasteiger partial charge is 0.384 e. The molecule has 3 heterocycles. The first-order valence-corrected chi connectivity index (χ1v) is 10.7. The van der Waals surface area contributed by atoms with Gasteiger partial charge < -0.3 is 14.8 Å². The molecule has 0 bridgehead atoms. The normalized spacial score (nSPS) is 17.3. The van der Waals surface area contributed by atoms with Crippen molar-refractivity contribution >= 4 is 11.6 Å². The maximum absolute atomic E-state index is 12.7. The van der Waals surface area contributed by atoms with Crippen molar-refractivity contribution in [1.82, 2.24) is 10.3 Å². The lowest BCUT2D eigenvalue weighted by Gasteiger charge is -2.24. The molecule has 1 aromatic heterocycles. The number of fused-ring (bicyclic) bond motifs is 1. The number of hydrogen-bond acceptors (Lipinski definition) is 6. The summed E-state index contributed by atoms with van der Waals surface area (Å²) < 4.78 is 10.8. The molecule has 1 saturated heterocycles. The Morgan fingerprint density at radius 3 is 2.83 bits per heavy atom. The van der Waals surface area contributed by atoms with Gasteiger partial charge in [0.2, 0.25) is 0 Å². The summed E-state index contributed by atoms with van der Waals surface area (Å²) >= 11 is 0. The number of nitrogens with zero attached hydrogens (tertiary/aromatic N) is 2. The number of carbonyl (C=O) groups excluding carboxylic acids is 1. The van der Waals surface area contributed by atoms with Crippen LogP contribution in [0.3, 0.4) is 0 Å². The number of ether oxygens (including phenoxy) is 2. The first-order valence-electron chi connectivity index (χ1n) is 10.7. The lowest BCUT2D eigenvalue weighted by molar-refractivity contribution is -0.119. The molecule has 0 aliphatic carbocycles. The number of amidine groups is 1. The number of Topliss-reactive ketones (excluding diaryl/α,β-unsaturated/α-hetero) is 1. The fourth-order valence-corrected chi connectivity index (χ4v) is 4.14. The molecule has 1 N–H and O–H groups in total. The van der Waals surface area contributed by atoms with Crippen molar-refractivity contribution in [3.63, 3.8) is 0 Å². The quantitative estimate of drug-likeness (QED) is 0.728. The third kappa shape index (κ3) is 5.12. The van der Waals surface area contributed by atoms with Gasteiger partial charge in [0, 0.05) is 62.6 Å². The lowest BCUT2D eigenvalue weighted by Crippen LogP contribution is -2.38. The van der Waals surface area contributed by atoms with E-state index in [1.54, 1.807) is 7.11 Å². The van der Waals surface area contributed by atoms with E-state index in [2.05, 4.69) is 27.4 Å². The zero-order chi connectivity index (χ0) is 20.8. The number of methoxy groups -OCH3 is 1. The van der Waals surface area contributed by atoms with Gasteiger partial charge in [0.1, 0.15) is 11.6 Å². The molecule has 2 aromatic rings. The maximum atomic E-state index is 12.7. The number of rotatable bonds is 8. The van der Waals surface area contributed by atoms with Crippen LogP contribution in [0.1, 0.15) is 47.6 Å². The first kappa shape index (κ1) is 20.7. The SMILES string of the molecule is COC[C@@H](CC(=O)Cc1cc2c(cn1)C(NC1CCOCC1)=NC2)c1ccccc1. The van der Waals surface area contributed by atoms with E-state index in [-0.39, 0.29) is 11.7 Å². The molecule has 0 unspecified atom stereocenters. The smallest absolute Gasteiger partial charge is 0.139 e. The molecule has 6 heteroatoms. The fraction of sp³-hybridized carbons (Fsp3) is 0.458. The molecule has 158 valence electrons. The van der Waals surface area contributed by atoms with Gasteiger partial charge in [-0.25, -0.2) is 0 Å². The second kappa shape index (κ2) is 9.96. The molecule has 0 spiro atoms. The van der Waals surface area contributed by atoms with Gasteiger partial charge in [-0.15, -0.1) is 0 Å². The summed E-state index contributed by atoms with van der Waals surface area (Å²) in [5.41, 5.74) is 4.13. The zero-order valence-electron chi connectivity index (χ0n) is 17.5. The molecular formula is C24H29N3O3. The van der Waals surface area contributed by atoms with Crippen LogP contribution >= 0.6 is 0 Å². The minimum absolute atomic E-state index is 0.0664. The van der Waals surface area contributed by atoms with Crippen molar-refractivity contribution in [2.75, 3.05) is 26.9 Å². The summed E-state index contributed by atoms with van der Waals surface area (Å²) in [6, 6.07) is 12.5. The van der Waals surface area contributed by atoms with Crippen LogP contribution in [-0.2, 0) is 27.2 Å². The highest BCUT2D eigenvalue weighted by atomic mass is 16.5. The van der Waals surface area contributed by atoms with Crippen LogP contribution in [0.4, 0.5) is 0 Å². The molecule has 0 radical (unpaired) electrons. The minimum atomic E-state index is 0.0664. The van der Waals surface area contributed by atoms with Crippen LogP contribution in [0.15, 0.2) is 47.6 Å². The minimum Gasteiger partial charge on any atom is -0.384 e. The average Bonchev–Trinajstić information content (AvgIpc) is 3.16. The van der Waals surface area contributed by atoms with Gasteiger partial charge in [0.25, 0.3) is 0 Å². The molecular weight excluding hydrogens is 378 g/mol. The number of carbonyl (C=O) groups is 1. The monoisotopic (exact) mass is 407 g/mol. The predicted molar refractivity (Wildman–Crippen MR) is 116 cm³/mol. The van der Waals surface area contributed by atoms with Crippen LogP contribution in [0, 0.1) is 0 Å². The van der Waals surface area contributed by atoms with Gasteiger partial charge in [-0.2, -0.15) is 0 Å². The van der Waals surface area contributed by atoms with Gasteiger partial charge in [0.15, 0.2) is 0 Å². The molecule has 6 nitrogen and oxygen atoms in total. The highest BCUT2D eigenvalue weighted by Gasteiger charge is 2.22. The Kier molecular flexibility index (Phi) is 6.87. The summed E-state index contributed by atoms with van der Waals surface area (Å²) in [5.74, 6) is 1.16. The van der Waals surface area contributed by atoms with Crippen molar-refractivity contribution in [1.29, 1.82) is 0 Å². The third-order valence-electron chi connectivity index (χ3n) is 5.76. The van der Waals surface area contributed by atoms with Gasteiger partial charge in [-0.05, 0) is 30.0 Å². The van der Waals surface area contributed by atoms with Crippen LogP contribution in [-0.4, -0.2) is 49.6 Å². The van der Waals surface area contributed by atoms with Crippen molar-refractivity contribution in [3.05, 3.63) is 65.0 Å². The van der Waals surface area contributed by atoms with Gasteiger partial charge in [-0.1, -0.05) is 30.3 Å². The van der Waals surface area contributed by atoms with E-state index in [0.717, 1.165) is 54.3 Å². The Morgan fingerprint density at radius 2 is 2.07 bits per heavy atom. The number of nitrogens with one attached hydrogen (secondary N) is 1. The van der Waals surface area contributed by atoms with Crippen LogP contribution in [0.2, 0.25) is 0 Å². The van der Waals surface area contributed by atoms with E-state index in [0.29, 0.717) is 32.0 Å². The summed E-state index contributed by atoms with van der Waals surface area (Å²) in [7, 11) is 1.68. The van der Waals surface area contributed by atoms with E-state index >= 15 is 0 Å². The molecule has 30 heavy (non-hydrogen) atoms. The number of aliphatic imine (C=N–C) groups is 1. The number of pyridine rings is 1. The molecule has 1 fully saturated rings.